The van der Waals surface area contributed by atoms with Crippen LogP contribution in [-0.4, -0.2) is 48.4 Å². The van der Waals surface area contributed by atoms with Gasteiger partial charge < -0.3 is 20.1 Å². The lowest BCUT2D eigenvalue weighted by Gasteiger charge is -2.35. The van der Waals surface area contributed by atoms with E-state index in [9.17, 15) is 9.90 Å². The van der Waals surface area contributed by atoms with Crippen LogP contribution in [0.3, 0.4) is 0 Å². The second-order valence-corrected chi connectivity index (χ2v) is 5.57. The molecule has 1 aliphatic heterocycles. The maximum absolute atomic E-state index is 12.1. The second kappa shape index (κ2) is 6.43. The zero-order valence-electron chi connectivity index (χ0n) is 11.4. The number of halogens is 1. The molecule has 0 aromatic heterocycles. The van der Waals surface area contributed by atoms with Gasteiger partial charge in [-0.15, -0.1) is 0 Å². The fourth-order valence-corrected chi connectivity index (χ4v) is 2.30. The summed E-state index contributed by atoms with van der Waals surface area (Å²) < 4.78 is 5.22. The number of nitrogens with one attached hydrogen (secondary N) is 1. The highest BCUT2D eigenvalue weighted by Gasteiger charge is 2.32. The van der Waals surface area contributed by atoms with Crippen molar-refractivity contribution in [1.82, 2.24) is 4.90 Å². The fraction of sp³-hybridized carbons (Fsp3) is 0.500. The Hall–Kier alpha value is -1.30. The number of nitrogens with zero attached hydrogens (tertiary/aromatic N) is 1. The molecule has 0 bridgehead atoms. The summed E-state index contributed by atoms with van der Waals surface area (Å²) in [4.78, 5) is 13.5. The quantitative estimate of drug-likeness (QED) is 0.900. The van der Waals surface area contributed by atoms with E-state index in [-0.39, 0.29) is 12.6 Å². The van der Waals surface area contributed by atoms with Crippen LogP contribution in [0.4, 0.5) is 10.5 Å². The van der Waals surface area contributed by atoms with Gasteiger partial charge in [-0.3, -0.25) is 0 Å². The van der Waals surface area contributed by atoms with Crippen molar-refractivity contribution in [2.24, 2.45) is 0 Å². The Balaban J connectivity index is 1.89. The predicted octanol–water partition coefficient (Wildman–Crippen LogP) is 2.35. The number of aliphatic hydroxyl groups is 1. The summed E-state index contributed by atoms with van der Waals surface area (Å²) in [5, 5.41) is 13.8. The van der Waals surface area contributed by atoms with Crippen LogP contribution in [0.5, 0.6) is 0 Å². The summed E-state index contributed by atoms with van der Waals surface area (Å²) in [7, 11) is 1.67. The van der Waals surface area contributed by atoms with E-state index in [2.05, 4.69) is 5.32 Å². The van der Waals surface area contributed by atoms with E-state index in [1.54, 1.807) is 31.3 Å². The Labute approximate surface area is 123 Å². The molecule has 0 spiro atoms. The number of ether oxygens (including phenoxy) is 1. The van der Waals surface area contributed by atoms with Gasteiger partial charge in [-0.2, -0.15) is 0 Å². The van der Waals surface area contributed by atoms with Gasteiger partial charge in [0.2, 0.25) is 0 Å². The van der Waals surface area contributed by atoms with E-state index in [1.165, 1.54) is 4.90 Å². The minimum atomic E-state index is -0.857. The van der Waals surface area contributed by atoms with Crippen LogP contribution < -0.4 is 5.32 Å². The highest BCUT2D eigenvalue weighted by molar-refractivity contribution is 6.30. The number of urea groups is 1. The van der Waals surface area contributed by atoms with Gasteiger partial charge in [-0.25, -0.2) is 4.79 Å². The number of hydrogen-bond donors (Lipinski definition) is 2. The number of benzene rings is 1. The van der Waals surface area contributed by atoms with Crippen molar-refractivity contribution in [1.29, 1.82) is 0 Å². The molecule has 5 nitrogen and oxygen atoms in total. The number of carbonyl (C=O) groups is 1. The molecule has 1 fully saturated rings. The van der Waals surface area contributed by atoms with Crippen molar-refractivity contribution < 1.29 is 14.6 Å². The Morgan fingerprint density at radius 1 is 1.40 bits per heavy atom. The molecule has 0 saturated carbocycles. The second-order valence-electron chi connectivity index (χ2n) is 5.13. The molecule has 1 aromatic carbocycles. The third-order valence-corrected chi connectivity index (χ3v) is 3.65. The molecule has 1 saturated heterocycles. The van der Waals surface area contributed by atoms with Crippen LogP contribution in [0.1, 0.15) is 12.8 Å². The van der Waals surface area contributed by atoms with Crippen molar-refractivity contribution in [3.8, 4) is 0 Å². The molecule has 0 aliphatic carbocycles. The highest BCUT2D eigenvalue weighted by Crippen LogP contribution is 2.21. The van der Waals surface area contributed by atoms with E-state index in [4.69, 9.17) is 16.3 Å². The van der Waals surface area contributed by atoms with Crippen molar-refractivity contribution in [2.75, 3.05) is 32.1 Å². The first kappa shape index (κ1) is 15.1. The van der Waals surface area contributed by atoms with Gasteiger partial charge >= 0.3 is 6.03 Å². The molecule has 1 aliphatic rings. The van der Waals surface area contributed by atoms with Crippen molar-refractivity contribution >= 4 is 23.3 Å². The molecular formula is C14H19ClN2O3. The molecule has 2 rings (SSSR count). The normalized spacial score (nSPS) is 17.6. The van der Waals surface area contributed by atoms with Gasteiger partial charge in [0.25, 0.3) is 0 Å². The molecule has 1 aromatic rings. The molecule has 2 amide bonds. The number of amides is 2. The van der Waals surface area contributed by atoms with Gasteiger partial charge in [-0.1, -0.05) is 11.6 Å². The Morgan fingerprint density at radius 3 is 2.60 bits per heavy atom. The molecular weight excluding hydrogens is 280 g/mol. The molecule has 20 heavy (non-hydrogen) atoms. The smallest absolute Gasteiger partial charge is 0.321 e. The van der Waals surface area contributed by atoms with Crippen LogP contribution in [0.2, 0.25) is 5.02 Å². The lowest BCUT2D eigenvalue weighted by Crippen LogP contribution is -2.48. The first-order chi connectivity index (χ1) is 9.48. The number of carbonyl (C=O) groups excluding carboxylic acids is 1. The highest BCUT2D eigenvalue weighted by atomic mass is 35.5. The largest absolute Gasteiger partial charge is 0.388 e. The zero-order valence-corrected chi connectivity index (χ0v) is 12.2. The number of hydrogen-bond acceptors (Lipinski definition) is 3. The average molecular weight is 299 g/mol. The Kier molecular flexibility index (Phi) is 4.86. The maximum Gasteiger partial charge on any atom is 0.321 e. The minimum Gasteiger partial charge on any atom is -0.388 e. The standard InChI is InChI=1S/C14H19ClN2O3/c1-17(10-14(19)6-8-20-9-7-14)13(18)16-12-4-2-11(15)3-5-12/h2-5,19H,6-10H2,1H3,(H,16,18). The summed E-state index contributed by atoms with van der Waals surface area (Å²) in [6.07, 6.45) is 1.09. The molecule has 6 heteroatoms. The van der Waals surface area contributed by atoms with Crippen LogP contribution in [0, 0.1) is 0 Å². The van der Waals surface area contributed by atoms with Crippen LogP contribution in [0.15, 0.2) is 24.3 Å². The van der Waals surface area contributed by atoms with E-state index >= 15 is 0 Å². The van der Waals surface area contributed by atoms with Crippen LogP contribution >= 0.6 is 11.6 Å². The van der Waals surface area contributed by atoms with Crippen molar-refractivity contribution in [3.05, 3.63) is 29.3 Å². The number of anilines is 1. The van der Waals surface area contributed by atoms with Crippen molar-refractivity contribution in [3.63, 3.8) is 0 Å². The monoisotopic (exact) mass is 298 g/mol. The lowest BCUT2D eigenvalue weighted by atomic mass is 9.94. The summed E-state index contributed by atoms with van der Waals surface area (Å²) >= 11 is 5.79. The summed E-state index contributed by atoms with van der Waals surface area (Å²) in [5.74, 6) is 0. The molecule has 0 radical (unpaired) electrons. The molecule has 110 valence electrons. The van der Waals surface area contributed by atoms with Crippen LogP contribution in [0.25, 0.3) is 0 Å². The van der Waals surface area contributed by atoms with Crippen molar-refractivity contribution in [2.45, 2.75) is 18.4 Å². The van der Waals surface area contributed by atoms with Gasteiger partial charge in [0, 0.05) is 43.8 Å². The maximum atomic E-state index is 12.1. The predicted molar refractivity (Wildman–Crippen MR) is 78.1 cm³/mol. The summed E-state index contributed by atoms with van der Waals surface area (Å²) in [5.41, 5.74) is -0.185. The van der Waals surface area contributed by atoms with Crippen LogP contribution in [-0.2, 0) is 4.74 Å². The van der Waals surface area contributed by atoms with Gasteiger partial charge in [-0.05, 0) is 24.3 Å². The number of rotatable bonds is 3. The topological polar surface area (TPSA) is 61.8 Å². The third kappa shape index (κ3) is 4.10. The SMILES string of the molecule is CN(CC1(O)CCOCC1)C(=O)Nc1ccc(Cl)cc1. The molecule has 0 atom stereocenters. The fourth-order valence-electron chi connectivity index (χ4n) is 2.17. The lowest BCUT2D eigenvalue weighted by molar-refractivity contribution is -0.0717. The zero-order chi connectivity index (χ0) is 14.6. The molecule has 2 N–H and O–H groups in total. The van der Waals surface area contributed by atoms with E-state index in [1.807, 2.05) is 0 Å². The molecule has 1 heterocycles. The van der Waals surface area contributed by atoms with E-state index in [0.29, 0.717) is 36.8 Å². The average Bonchev–Trinajstić information content (AvgIpc) is 2.41. The van der Waals surface area contributed by atoms with Gasteiger partial charge in [0.05, 0.1) is 12.1 Å². The Bertz CT molecular complexity index is 458. The first-order valence-corrected chi connectivity index (χ1v) is 6.94. The first-order valence-electron chi connectivity index (χ1n) is 6.56. The Morgan fingerprint density at radius 2 is 2.00 bits per heavy atom. The number of likely N-dealkylation sites (N-methyl/N-ethyl adjacent to an activating group) is 1. The molecule has 0 unspecified atom stereocenters. The van der Waals surface area contributed by atoms with Gasteiger partial charge in [0.1, 0.15) is 0 Å². The third-order valence-electron chi connectivity index (χ3n) is 3.40. The summed E-state index contributed by atoms with van der Waals surface area (Å²) in [6.45, 7) is 1.35. The van der Waals surface area contributed by atoms with E-state index < -0.39 is 5.60 Å². The van der Waals surface area contributed by atoms with Gasteiger partial charge in [0.15, 0.2) is 0 Å². The summed E-state index contributed by atoms with van der Waals surface area (Å²) in [6, 6.07) is 6.63. The minimum absolute atomic E-state index is 0.257. The van der Waals surface area contributed by atoms with E-state index in [0.717, 1.165) is 0 Å².